The molecule has 0 N–H and O–H groups in total. The molecule has 192 valence electrons. The van der Waals surface area contributed by atoms with Crippen molar-refractivity contribution in [2.45, 2.75) is 78.4 Å². The van der Waals surface area contributed by atoms with Crippen LogP contribution in [0.25, 0.3) is 0 Å². The summed E-state index contributed by atoms with van der Waals surface area (Å²) in [6.45, 7) is 13.7. The van der Waals surface area contributed by atoms with E-state index in [1.165, 1.54) is 4.90 Å². The fourth-order valence-electron chi connectivity index (χ4n) is 5.26. The molecule has 8 nitrogen and oxygen atoms in total. The van der Waals surface area contributed by atoms with Crippen molar-refractivity contribution in [3.8, 4) is 0 Å². The quantitative estimate of drug-likeness (QED) is 0.315. The third-order valence-electron chi connectivity index (χ3n) is 6.34. The highest BCUT2D eigenvalue weighted by atomic mass is 16.6. The van der Waals surface area contributed by atoms with Crippen LogP contribution in [0, 0.1) is 11.8 Å². The van der Waals surface area contributed by atoms with Gasteiger partial charge in [-0.3, -0.25) is 19.5 Å². The van der Waals surface area contributed by atoms with Crippen LogP contribution in [0.3, 0.4) is 0 Å². The van der Waals surface area contributed by atoms with Gasteiger partial charge in [-0.1, -0.05) is 32.0 Å². The topological polar surface area (TPSA) is 94.5 Å². The highest BCUT2D eigenvalue weighted by molar-refractivity contribution is 6.09. The fraction of sp³-hybridized carbons (Fsp3) is 0.630. The van der Waals surface area contributed by atoms with Crippen LogP contribution >= 0.6 is 0 Å². The Hall–Kier alpha value is -2.90. The average molecular weight is 487 g/mol. The van der Waals surface area contributed by atoms with Gasteiger partial charge in [0.2, 0.25) is 0 Å². The zero-order valence-corrected chi connectivity index (χ0v) is 21.9. The predicted octanol–water partition coefficient (Wildman–Crippen LogP) is 4.68. The smallest absolute Gasteiger partial charge is 0.415 e. The van der Waals surface area contributed by atoms with Gasteiger partial charge in [-0.25, -0.2) is 4.79 Å². The molecule has 0 aliphatic carbocycles. The molecule has 1 amide bonds. The van der Waals surface area contributed by atoms with Gasteiger partial charge in [0, 0.05) is 12.3 Å². The molecule has 2 heterocycles. The maximum Gasteiger partial charge on any atom is 0.415 e. The Morgan fingerprint density at radius 3 is 2.23 bits per heavy atom. The van der Waals surface area contributed by atoms with Crippen LogP contribution in [0.4, 0.5) is 10.5 Å². The van der Waals surface area contributed by atoms with E-state index >= 15 is 0 Å². The third kappa shape index (κ3) is 5.07. The Bertz CT molecular complexity index is 978. The molecule has 2 aliphatic heterocycles. The summed E-state index contributed by atoms with van der Waals surface area (Å²) in [7, 11) is 0. The van der Waals surface area contributed by atoms with Crippen LogP contribution in [-0.4, -0.2) is 55.1 Å². The van der Waals surface area contributed by atoms with Gasteiger partial charge in [0.1, 0.15) is 5.60 Å². The van der Waals surface area contributed by atoms with E-state index in [2.05, 4.69) is 13.8 Å². The number of benzene rings is 1. The van der Waals surface area contributed by atoms with Crippen LogP contribution < -0.4 is 4.90 Å². The molecule has 3 rings (SSSR count). The average Bonchev–Trinajstić information content (AvgIpc) is 3.28. The SMILES string of the molecule is CCOC(=O)C(C(=O)OCC)[C@@H]1N(C(=O)OC(C)(C)C)c2ccccc2[C@@]12CCN=C2CC(C)C. The van der Waals surface area contributed by atoms with Gasteiger partial charge in [-0.15, -0.1) is 0 Å². The molecule has 1 spiro atoms. The minimum atomic E-state index is -1.36. The zero-order chi connectivity index (χ0) is 26.0. The molecule has 35 heavy (non-hydrogen) atoms. The molecule has 2 atom stereocenters. The second-order valence-electron chi connectivity index (χ2n) is 10.4. The van der Waals surface area contributed by atoms with Gasteiger partial charge in [0.15, 0.2) is 5.92 Å². The lowest BCUT2D eigenvalue weighted by Crippen LogP contribution is -2.59. The van der Waals surface area contributed by atoms with Crippen molar-refractivity contribution in [1.82, 2.24) is 0 Å². The van der Waals surface area contributed by atoms with Gasteiger partial charge in [0.05, 0.1) is 30.4 Å². The first kappa shape index (κ1) is 26.7. The van der Waals surface area contributed by atoms with Crippen LogP contribution in [0.15, 0.2) is 29.3 Å². The Labute approximate surface area is 208 Å². The maximum absolute atomic E-state index is 13.7. The monoisotopic (exact) mass is 486 g/mol. The zero-order valence-electron chi connectivity index (χ0n) is 21.9. The lowest BCUT2D eigenvalue weighted by atomic mass is 9.66. The molecule has 0 saturated carbocycles. The minimum Gasteiger partial charge on any atom is -0.465 e. The van der Waals surface area contributed by atoms with Crippen molar-refractivity contribution in [1.29, 1.82) is 0 Å². The number of hydrogen-bond acceptors (Lipinski definition) is 7. The van der Waals surface area contributed by atoms with E-state index in [9.17, 15) is 14.4 Å². The predicted molar refractivity (Wildman–Crippen MR) is 134 cm³/mol. The number of ether oxygens (including phenoxy) is 3. The molecule has 1 aromatic carbocycles. The van der Waals surface area contributed by atoms with Gasteiger partial charge in [-0.05, 0) is 65.0 Å². The van der Waals surface area contributed by atoms with Crippen LogP contribution in [0.2, 0.25) is 0 Å². The molecule has 1 aromatic rings. The Morgan fingerprint density at radius 1 is 1.09 bits per heavy atom. The first-order valence-electron chi connectivity index (χ1n) is 12.5. The summed E-state index contributed by atoms with van der Waals surface area (Å²) in [6, 6.07) is 6.61. The molecule has 0 radical (unpaired) electrons. The van der Waals surface area contributed by atoms with Gasteiger partial charge < -0.3 is 14.2 Å². The summed E-state index contributed by atoms with van der Waals surface area (Å²) in [5, 5.41) is 0. The highest BCUT2D eigenvalue weighted by Crippen LogP contribution is 2.54. The van der Waals surface area contributed by atoms with E-state index in [0.29, 0.717) is 25.1 Å². The lowest BCUT2D eigenvalue weighted by Gasteiger charge is -2.40. The number of aliphatic imine (C=N–C) groups is 1. The number of para-hydroxylation sites is 1. The number of carbonyl (C=O) groups is 3. The van der Waals surface area contributed by atoms with E-state index in [4.69, 9.17) is 19.2 Å². The summed E-state index contributed by atoms with van der Waals surface area (Å²) < 4.78 is 16.5. The molecule has 0 fully saturated rings. The standard InChI is InChI=1S/C27H38N2O6/c1-8-33-23(30)21(24(31)34-9-2)22-27(14-15-28-20(27)16-17(3)4)18-12-10-11-13-19(18)29(22)25(32)35-26(5,6)7/h10-13,17,21-22H,8-9,14-16H2,1-7H3/t22-,27+/m0/s1. The van der Waals surface area contributed by atoms with Crippen molar-refractivity contribution >= 4 is 29.4 Å². The molecule has 0 saturated heterocycles. The molecule has 8 heteroatoms. The van der Waals surface area contributed by atoms with Crippen molar-refractivity contribution < 1.29 is 28.6 Å². The van der Waals surface area contributed by atoms with Gasteiger partial charge >= 0.3 is 18.0 Å². The van der Waals surface area contributed by atoms with Crippen LogP contribution in [0.1, 0.15) is 66.9 Å². The second kappa shape index (κ2) is 10.4. The first-order valence-corrected chi connectivity index (χ1v) is 12.5. The van der Waals surface area contributed by atoms with E-state index < -0.39 is 41.0 Å². The lowest BCUT2D eigenvalue weighted by molar-refractivity contribution is -0.163. The van der Waals surface area contributed by atoms with E-state index in [1.807, 2.05) is 24.3 Å². The Balaban J connectivity index is 2.30. The summed E-state index contributed by atoms with van der Waals surface area (Å²) >= 11 is 0. The van der Waals surface area contributed by atoms with Crippen molar-refractivity contribution in [2.24, 2.45) is 16.8 Å². The summed E-state index contributed by atoms with van der Waals surface area (Å²) in [5.41, 5.74) is 0.756. The van der Waals surface area contributed by atoms with Crippen LogP contribution in [-0.2, 0) is 29.2 Å². The number of carbonyl (C=O) groups excluding carboxylic acids is 3. The molecule has 0 bridgehead atoms. The highest BCUT2D eigenvalue weighted by Gasteiger charge is 2.63. The molecule has 2 aliphatic rings. The fourth-order valence-corrected chi connectivity index (χ4v) is 5.26. The van der Waals surface area contributed by atoms with E-state index in [0.717, 1.165) is 11.3 Å². The maximum atomic E-state index is 13.7. The number of nitrogens with zero attached hydrogens (tertiary/aromatic N) is 2. The summed E-state index contributed by atoms with van der Waals surface area (Å²) in [5.74, 6) is -2.50. The molecular formula is C27H38N2O6. The largest absolute Gasteiger partial charge is 0.465 e. The number of fused-ring (bicyclic) bond motifs is 2. The van der Waals surface area contributed by atoms with Crippen molar-refractivity contribution in [3.63, 3.8) is 0 Å². The van der Waals surface area contributed by atoms with Gasteiger partial charge in [-0.2, -0.15) is 0 Å². The number of rotatable bonds is 7. The van der Waals surface area contributed by atoms with Crippen molar-refractivity contribution in [2.75, 3.05) is 24.7 Å². The first-order chi connectivity index (χ1) is 16.5. The summed E-state index contributed by atoms with van der Waals surface area (Å²) in [4.78, 5) is 46.8. The third-order valence-corrected chi connectivity index (χ3v) is 6.34. The van der Waals surface area contributed by atoms with Crippen LogP contribution in [0.5, 0.6) is 0 Å². The number of esters is 2. The Kier molecular flexibility index (Phi) is 7.92. The van der Waals surface area contributed by atoms with Gasteiger partial charge in [0.25, 0.3) is 0 Å². The van der Waals surface area contributed by atoms with E-state index in [1.54, 1.807) is 34.6 Å². The molecule has 0 unspecified atom stereocenters. The molecular weight excluding hydrogens is 448 g/mol. The summed E-state index contributed by atoms with van der Waals surface area (Å²) in [6.07, 6.45) is 0.609. The normalized spacial score (nSPS) is 21.3. The number of hydrogen-bond donors (Lipinski definition) is 0. The second-order valence-corrected chi connectivity index (χ2v) is 10.4. The Morgan fingerprint density at radius 2 is 1.69 bits per heavy atom. The van der Waals surface area contributed by atoms with E-state index in [-0.39, 0.29) is 19.1 Å². The number of amides is 1. The minimum absolute atomic E-state index is 0.0980. The number of anilines is 1. The molecule has 0 aromatic heterocycles. The van der Waals surface area contributed by atoms with Crippen molar-refractivity contribution in [3.05, 3.63) is 29.8 Å².